The quantitative estimate of drug-likeness (QED) is 0.526. The molecule has 35 heavy (non-hydrogen) atoms. The first-order valence-corrected chi connectivity index (χ1v) is 12.0. The summed E-state index contributed by atoms with van der Waals surface area (Å²) >= 11 is 0. The molecule has 7 rings (SSSR count). The van der Waals surface area contributed by atoms with Crippen LogP contribution in [0.25, 0.3) is 11.0 Å². The number of aromatic nitrogens is 4. The minimum absolute atomic E-state index is 0.0125. The van der Waals surface area contributed by atoms with Crippen molar-refractivity contribution < 1.29 is 17.9 Å². The van der Waals surface area contributed by atoms with Gasteiger partial charge in [-0.2, -0.15) is 13.2 Å². The summed E-state index contributed by atoms with van der Waals surface area (Å²) < 4.78 is 48.3. The summed E-state index contributed by atoms with van der Waals surface area (Å²) in [5, 5.41) is 0.772. The van der Waals surface area contributed by atoms with Crippen LogP contribution in [0.1, 0.15) is 72.5 Å². The molecule has 0 N–H and O–H groups in total. The van der Waals surface area contributed by atoms with Crippen LogP contribution in [-0.2, 0) is 17.2 Å². The van der Waals surface area contributed by atoms with Crippen LogP contribution in [0.15, 0.2) is 29.2 Å². The zero-order valence-corrected chi connectivity index (χ0v) is 19.9. The number of alkyl halides is 3. The monoisotopic (exact) mass is 484 g/mol. The standard InChI is InChI=1S/C26H27F3N4O2/c1-14-8-18-21(24-11-25(12-24,13-24)26(27,28)29)31-22(32-23(18)30-15(14)2)16-6-7-35-19(9-16)17-4-5-20(34)33(3)10-17/h4-5,8,10,16,19H,6-7,9,11-13H2,1-3H3/t16-,19+,24?,25?/m0/s1. The molecule has 0 spiro atoms. The summed E-state index contributed by atoms with van der Waals surface area (Å²) in [5.41, 5.74) is 1.85. The van der Waals surface area contributed by atoms with Crippen molar-refractivity contribution in [1.29, 1.82) is 0 Å². The van der Waals surface area contributed by atoms with Gasteiger partial charge >= 0.3 is 6.18 Å². The van der Waals surface area contributed by atoms with E-state index in [4.69, 9.17) is 19.7 Å². The van der Waals surface area contributed by atoms with E-state index in [1.165, 1.54) is 10.6 Å². The molecule has 3 aromatic rings. The van der Waals surface area contributed by atoms with E-state index in [1.807, 2.05) is 19.9 Å². The zero-order chi connectivity index (χ0) is 24.8. The highest BCUT2D eigenvalue weighted by Crippen LogP contribution is 2.78. The number of hydrogen-bond donors (Lipinski definition) is 0. The minimum Gasteiger partial charge on any atom is -0.373 e. The van der Waals surface area contributed by atoms with Gasteiger partial charge in [0.15, 0.2) is 5.65 Å². The van der Waals surface area contributed by atoms with Gasteiger partial charge in [0.05, 0.1) is 17.2 Å². The van der Waals surface area contributed by atoms with Crippen molar-refractivity contribution in [3.63, 3.8) is 0 Å². The first-order chi connectivity index (χ1) is 16.5. The van der Waals surface area contributed by atoms with Crippen LogP contribution in [0.3, 0.4) is 0 Å². The molecule has 3 aliphatic carbocycles. The van der Waals surface area contributed by atoms with Gasteiger partial charge in [-0.15, -0.1) is 0 Å². The maximum Gasteiger partial charge on any atom is 0.394 e. The van der Waals surface area contributed by atoms with Crippen molar-refractivity contribution >= 4 is 11.0 Å². The Morgan fingerprint density at radius 2 is 1.86 bits per heavy atom. The number of rotatable bonds is 3. The highest BCUT2D eigenvalue weighted by Gasteiger charge is 2.79. The summed E-state index contributed by atoms with van der Waals surface area (Å²) in [6, 6.07) is 5.30. The molecule has 6 nitrogen and oxygen atoms in total. The topological polar surface area (TPSA) is 69.9 Å². The molecule has 0 radical (unpaired) electrons. The Hall–Kier alpha value is -2.81. The summed E-state index contributed by atoms with van der Waals surface area (Å²) in [6.45, 7) is 4.38. The summed E-state index contributed by atoms with van der Waals surface area (Å²) in [4.78, 5) is 26.3. The second kappa shape index (κ2) is 7.35. The molecule has 9 heteroatoms. The molecule has 2 atom stereocenters. The van der Waals surface area contributed by atoms with Gasteiger partial charge in [0.1, 0.15) is 5.82 Å². The number of hydrogen-bond acceptors (Lipinski definition) is 5. The van der Waals surface area contributed by atoms with Crippen LogP contribution in [0.5, 0.6) is 0 Å². The second-order valence-corrected chi connectivity index (χ2v) is 10.8. The average molecular weight is 485 g/mol. The van der Waals surface area contributed by atoms with E-state index in [-0.39, 0.29) is 36.8 Å². The fraction of sp³-hybridized carbons (Fsp3) is 0.538. The minimum atomic E-state index is -4.17. The van der Waals surface area contributed by atoms with Crippen molar-refractivity contribution in [3.05, 3.63) is 63.1 Å². The van der Waals surface area contributed by atoms with Crippen molar-refractivity contribution in [2.24, 2.45) is 12.5 Å². The van der Waals surface area contributed by atoms with Gasteiger partial charge in [-0.3, -0.25) is 4.79 Å². The van der Waals surface area contributed by atoms with Crippen molar-refractivity contribution in [2.45, 2.75) is 69.6 Å². The van der Waals surface area contributed by atoms with Gasteiger partial charge in [0.25, 0.3) is 0 Å². The fourth-order valence-corrected chi connectivity index (χ4v) is 6.26. The first kappa shape index (κ1) is 22.6. The van der Waals surface area contributed by atoms with Crippen LogP contribution in [0.4, 0.5) is 13.2 Å². The molecule has 0 aromatic carbocycles. The molecular formula is C26H27F3N4O2. The summed E-state index contributed by atoms with van der Waals surface area (Å²) in [6.07, 6.45) is -0.961. The Morgan fingerprint density at radius 1 is 1.11 bits per heavy atom. The molecule has 184 valence electrons. The number of pyridine rings is 2. The fourth-order valence-electron chi connectivity index (χ4n) is 6.26. The van der Waals surface area contributed by atoms with E-state index in [2.05, 4.69) is 0 Å². The van der Waals surface area contributed by atoms with E-state index in [0.717, 1.165) is 34.3 Å². The van der Waals surface area contributed by atoms with Crippen LogP contribution in [0.2, 0.25) is 0 Å². The Kier molecular flexibility index (Phi) is 4.75. The SMILES string of the molecule is Cc1cc2c(C34CC(C(F)(F)F)(C3)C4)nc([C@H]3CCO[C@@H](c4ccc(=O)n(C)c4)C3)nc2nc1C. The van der Waals surface area contributed by atoms with Crippen molar-refractivity contribution in [3.8, 4) is 0 Å². The first-order valence-electron chi connectivity index (χ1n) is 12.0. The van der Waals surface area contributed by atoms with Crippen molar-refractivity contribution in [1.82, 2.24) is 19.5 Å². The molecule has 4 heterocycles. The number of fused-ring (bicyclic) bond motifs is 1. The lowest BCUT2D eigenvalue weighted by Crippen LogP contribution is -2.70. The third-order valence-corrected chi connectivity index (χ3v) is 8.41. The van der Waals surface area contributed by atoms with Crippen LogP contribution in [-0.4, -0.2) is 32.3 Å². The molecule has 3 saturated carbocycles. The van der Waals surface area contributed by atoms with Gasteiger partial charge in [0.2, 0.25) is 5.56 Å². The van der Waals surface area contributed by atoms with Gasteiger partial charge in [-0.25, -0.2) is 15.0 Å². The lowest BCUT2D eigenvalue weighted by Gasteiger charge is -2.70. The number of nitrogens with zero attached hydrogens (tertiary/aromatic N) is 4. The molecular weight excluding hydrogens is 457 g/mol. The van der Waals surface area contributed by atoms with E-state index >= 15 is 0 Å². The molecule has 4 aliphatic rings. The predicted molar refractivity (Wildman–Crippen MR) is 123 cm³/mol. The molecule has 2 bridgehead atoms. The Balaban J connectivity index is 1.38. The average Bonchev–Trinajstić information content (AvgIpc) is 2.74. The molecule has 1 saturated heterocycles. The number of ether oxygens (including phenoxy) is 1. The zero-order valence-electron chi connectivity index (χ0n) is 19.9. The molecule has 3 aromatic heterocycles. The van der Waals surface area contributed by atoms with Crippen LogP contribution < -0.4 is 5.56 Å². The van der Waals surface area contributed by atoms with E-state index in [1.54, 1.807) is 19.3 Å². The lowest BCUT2D eigenvalue weighted by atomic mass is 9.33. The summed E-state index contributed by atoms with van der Waals surface area (Å²) in [5.74, 6) is 0.619. The third kappa shape index (κ3) is 3.34. The Morgan fingerprint density at radius 3 is 2.54 bits per heavy atom. The van der Waals surface area contributed by atoms with Crippen LogP contribution >= 0.6 is 0 Å². The Labute approximate surface area is 200 Å². The largest absolute Gasteiger partial charge is 0.394 e. The molecule has 4 fully saturated rings. The number of halogens is 3. The van der Waals surface area contributed by atoms with E-state index in [0.29, 0.717) is 24.5 Å². The summed E-state index contributed by atoms with van der Waals surface area (Å²) in [7, 11) is 1.71. The Bertz CT molecular complexity index is 1390. The predicted octanol–water partition coefficient (Wildman–Crippen LogP) is 4.96. The van der Waals surface area contributed by atoms with E-state index < -0.39 is 17.0 Å². The smallest absolute Gasteiger partial charge is 0.373 e. The van der Waals surface area contributed by atoms with Gasteiger partial charge in [-0.05, 0) is 69.2 Å². The van der Waals surface area contributed by atoms with Gasteiger partial charge in [0, 0.05) is 48.3 Å². The highest BCUT2D eigenvalue weighted by atomic mass is 19.4. The molecule has 1 aliphatic heterocycles. The lowest BCUT2D eigenvalue weighted by molar-refractivity contribution is -0.337. The normalized spacial score (nSPS) is 30.1. The number of aryl methyl sites for hydroxylation is 3. The maximum atomic E-state index is 13.6. The second-order valence-electron chi connectivity index (χ2n) is 10.8. The highest BCUT2D eigenvalue weighted by molar-refractivity contribution is 5.80. The van der Waals surface area contributed by atoms with Gasteiger partial charge < -0.3 is 9.30 Å². The van der Waals surface area contributed by atoms with Crippen LogP contribution in [0, 0.1) is 19.3 Å². The maximum absolute atomic E-state index is 13.6. The van der Waals surface area contributed by atoms with Crippen molar-refractivity contribution in [2.75, 3.05) is 6.61 Å². The van der Waals surface area contributed by atoms with E-state index in [9.17, 15) is 18.0 Å². The molecule has 0 unspecified atom stereocenters. The van der Waals surface area contributed by atoms with Gasteiger partial charge in [-0.1, -0.05) is 0 Å². The third-order valence-electron chi connectivity index (χ3n) is 8.41. The molecule has 0 amide bonds.